The molecule has 156 valence electrons. The molecule has 0 bridgehead atoms. The van der Waals surface area contributed by atoms with E-state index < -0.39 is 0 Å². The van der Waals surface area contributed by atoms with Crippen molar-refractivity contribution in [2.75, 3.05) is 19.0 Å². The van der Waals surface area contributed by atoms with Crippen LogP contribution in [0.3, 0.4) is 0 Å². The number of hydrogen-bond donors (Lipinski definition) is 2. The minimum Gasteiger partial charge on any atom is -0.376 e. The molecule has 0 unspecified atom stereocenters. The number of H-pyrrole nitrogens is 2. The van der Waals surface area contributed by atoms with Gasteiger partial charge in [-0.1, -0.05) is 12.1 Å². The van der Waals surface area contributed by atoms with Crippen LogP contribution in [0.4, 0.5) is 5.69 Å². The van der Waals surface area contributed by atoms with Gasteiger partial charge in [-0.3, -0.25) is 10.1 Å². The lowest BCUT2D eigenvalue weighted by atomic mass is 10.0. The minimum absolute atomic E-state index is 0.862. The summed E-state index contributed by atoms with van der Waals surface area (Å²) in [6, 6.07) is 16.9. The van der Waals surface area contributed by atoms with E-state index in [9.17, 15) is 0 Å². The molecule has 0 aliphatic heterocycles. The zero-order valence-electron chi connectivity index (χ0n) is 17.6. The zero-order valence-corrected chi connectivity index (χ0v) is 18.4. The van der Waals surface area contributed by atoms with Crippen molar-refractivity contribution in [3.63, 3.8) is 0 Å². The van der Waals surface area contributed by atoms with Crippen LogP contribution in [0.25, 0.3) is 54.9 Å². The van der Waals surface area contributed by atoms with Crippen LogP contribution in [0.15, 0.2) is 72.5 Å². The van der Waals surface area contributed by atoms with Crippen LogP contribution >= 0.6 is 11.3 Å². The van der Waals surface area contributed by atoms with Crippen molar-refractivity contribution in [1.82, 2.24) is 25.1 Å². The molecule has 5 heterocycles. The summed E-state index contributed by atoms with van der Waals surface area (Å²) in [5.74, 6) is 0. The van der Waals surface area contributed by atoms with Gasteiger partial charge in [0.05, 0.1) is 23.1 Å². The van der Waals surface area contributed by atoms with Gasteiger partial charge in [-0.15, -0.1) is 11.3 Å². The summed E-state index contributed by atoms with van der Waals surface area (Å²) < 4.78 is 0. The molecular weight excluding hydrogens is 416 g/mol. The summed E-state index contributed by atoms with van der Waals surface area (Å²) in [7, 11) is 4.04. The molecule has 0 saturated heterocycles. The summed E-state index contributed by atoms with van der Waals surface area (Å²) in [6.45, 7) is 0. The molecule has 7 heteroatoms. The highest BCUT2D eigenvalue weighted by molar-refractivity contribution is 7.13. The van der Waals surface area contributed by atoms with E-state index in [1.54, 1.807) is 11.3 Å². The van der Waals surface area contributed by atoms with Crippen LogP contribution in [-0.4, -0.2) is 39.2 Å². The molecule has 6 nitrogen and oxygen atoms in total. The molecule has 0 fully saturated rings. The molecule has 1 aromatic carbocycles. The van der Waals surface area contributed by atoms with Crippen molar-refractivity contribution in [3.8, 4) is 33.0 Å². The third-order valence-electron chi connectivity index (χ3n) is 5.71. The van der Waals surface area contributed by atoms with E-state index in [1.165, 1.54) is 10.4 Å². The van der Waals surface area contributed by atoms with Crippen molar-refractivity contribution >= 4 is 39.0 Å². The van der Waals surface area contributed by atoms with Gasteiger partial charge in [0.25, 0.3) is 0 Å². The second kappa shape index (κ2) is 7.32. The summed E-state index contributed by atoms with van der Waals surface area (Å²) >= 11 is 1.73. The number of nitrogens with one attached hydrogen (secondary N) is 2. The second-order valence-electron chi connectivity index (χ2n) is 7.94. The quantitative estimate of drug-likeness (QED) is 0.357. The van der Waals surface area contributed by atoms with Crippen LogP contribution < -0.4 is 4.90 Å². The molecule has 0 aliphatic carbocycles. The third-order valence-corrected chi connectivity index (χ3v) is 6.61. The first-order valence-electron chi connectivity index (χ1n) is 10.3. The molecule has 32 heavy (non-hydrogen) atoms. The molecule has 2 N–H and O–H groups in total. The number of pyridine rings is 2. The van der Waals surface area contributed by atoms with Crippen molar-refractivity contribution in [1.29, 1.82) is 0 Å². The Balaban J connectivity index is 1.49. The fraction of sp³-hybridized carbons (Fsp3) is 0.0800. The van der Waals surface area contributed by atoms with E-state index in [2.05, 4.69) is 84.0 Å². The Kier molecular flexibility index (Phi) is 4.29. The first kappa shape index (κ1) is 18.8. The van der Waals surface area contributed by atoms with Crippen LogP contribution in [-0.2, 0) is 0 Å². The van der Waals surface area contributed by atoms with Gasteiger partial charge in [0.1, 0.15) is 11.3 Å². The molecule has 0 atom stereocenters. The van der Waals surface area contributed by atoms with Gasteiger partial charge >= 0.3 is 0 Å². The van der Waals surface area contributed by atoms with Gasteiger partial charge in [0, 0.05) is 53.3 Å². The lowest BCUT2D eigenvalue weighted by molar-refractivity contribution is 1.11. The van der Waals surface area contributed by atoms with E-state index in [0.717, 1.165) is 50.1 Å². The average molecular weight is 437 g/mol. The Hall–Kier alpha value is -3.97. The number of thiophene rings is 1. The average Bonchev–Trinajstić information content (AvgIpc) is 3.57. The lowest BCUT2D eigenvalue weighted by Crippen LogP contribution is -2.08. The van der Waals surface area contributed by atoms with Crippen LogP contribution in [0.2, 0.25) is 0 Å². The highest BCUT2D eigenvalue weighted by Crippen LogP contribution is 2.36. The van der Waals surface area contributed by atoms with Crippen LogP contribution in [0.5, 0.6) is 0 Å². The molecule has 0 spiro atoms. The Morgan fingerprint density at radius 3 is 2.72 bits per heavy atom. The Morgan fingerprint density at radius 2 is 1.88 bits per heavy atom. The Morgan fingerprint density at radius 1 is 0.938 bits per heavy atom. The summed E-state index contributed by atoms with van der Waals surface area (Å²) in [6.07, 6.45) is 5.62. The largest absolute Gasteiger partial charge is 0.376 e. The van der Waals surface area contributed by atoms with E-state index in [4.69, 9.17) is 0 Å². The first-order valence-corrected chi connectivity index (χ1v) is 11.2. The summed E-state index contributed by atoms with van der Waals surface area (Å²) in [5, 5.41) is 12.0. The highest BCUT2D eigenvalue weighted by atomic mass is 32.1. The fourth-order valence-electron chi connectivity index (χ4n) is 4.03. The van der Waals surface area contributed by atoms with Crippen molar-refractivity contribution < 1.29 is 0 Å². The van der Waals surface area contributed by atoms with Gasteiger partial charge in [0.15, 0.2) is 0 Å². The van der Waals surface area contributed by atoms with E-state index in [-0.39, 0.29) is 0 Å². The molecule has 0 amide bonds. The topological polar surface area (TPSA) is 73.5 Å². The number of aromatic nitrogens is 5. The number of benzene rings is 1. The standard InChI is InChI=1S/C25H20N6S/c1-31(2)17-10-16(13-26-14-17)15-5-6-21-20(11-15)24(30-29-21)22-12-19-18(23-4-3-9-32-23)7-8-27-25(19)28-22/h3-14H,1-2H3,(H,27,28)(H,29,30). The van der Waals surface area contributed by atoms with Crippen molar-refractivity contribution in [2.45, 2.75) is 0 Å². The molecule has 0 radical (unpaired) electrons. The van der Waals surface area contributed by atoms with E-state index in [1.807, 2.05) is 32.7 Å². The monoisotopic (exact) mass is 436 g/mol. The maximum Gasteiger partial charge on any atom is 0.138 e. The van der Waals surface area contributed by atoms with Crippen LogP contribution in [0, 0.1) is 0 Å². The third kappa shape index (κ3) is 3.06. The molecule has 0 saturated carbocycles. The van der Waals surface area contributed by atoms with Gasteiger partial charge in [-0.2, -0.15) is 5.10 Å². The predicted molar refractivity (Wildman–Crippen MR) is 132 cm³/mol. The molecular formula is C25H20N6S. The smallest absolute Gasteiger partial charge is 0.138 e. The van der Waals surface area contributed by atoms with Crippen LogP contribution in [0.1, 0.15) is 0 Å². The SMILES string of the molecule is CN(C)c1cncc(-c2ccc3[nH]nc(-c4cc5c(-c6cccs6)ccnc5[nH]4)c3c2)c1. The summed E-state index contributed by atoms with van der Waals surface area (Å²) in [4.78, 5) is 15.7. The number of hydrogen-bond acceptors (Lipinski definition) is 5. The highest BCUT2D eigenvalue weighted by Gasteiger charge is 2.15. The van der Waals surface area contributed by atoms with Gasteiger partial charge in [-0.25, -0.2) is 4.98 Å². The van der Waals surface area contributed by atoms with Gasteiger partial charge < -0.3 is 9.88 Å². The predicted octanol–water partition coefficient (Wildman–Crippen LogP) is 5.96. The molecule has 6 aromatic rings. The summed E-state index contributed by atoms with van der Waals surface area (Å²) in [5.41, 5.74) is 8.10. The second-order valence-corrected chi connectivity index (χ2v) is 8.89. The fourth-order valence-corrected chi connectivity index (χ4v) is 4.80. The normalized spacial score (nSPS) is 11.4. The number of rotatable bonds is 4. The lowest BCUT2D eigenvalue weighted by Gasteiger charge is -2.13. The number of aromatic amines is 2. The maximum atomic E-state index is 4.63. The zero-order chi connectivity index (χ0) is 21.7. The number of fused-ring (bicyclic) bond motifs is 2. The molecule has 6 rings (SSSR count). The van der Waals surface area contributed by atoms with Crippen molar-refractivity contribution in [2.24, 2.45) is 0 Å². The van der Waals surface area contributed by atoms with E-state index >= 15 is 0 Å². The minimum atomic E-state index is 0.862. The van der Waals surface area contributed by atoms with Gasteiger partial charge in [-0.05, 0) is 47.3 Å². The number of anilines is 1. The maximum absolute atomic E-state index is 4.63. The van der Waals surface area contributed by atoms with Crippen molar-refractivity contribution in [3.05, 3.63) is 72.5 Å². The first-order chi connectivity index (χ1) is 15.7. The number of nitrogens with zero attached hydrogens (tertiary/aromatic N) is 4. The molecule has 0 aliphatic rings. The Bertz CT molecular complexity index is 1560. The Labute approximate surface area is 188 Å². The van der Waals surface area contributed by atoms with E-state index in [0.29, 0.717) is 0 Å². The molecule has 5 aromatic heterocycles. The van der Waals surface area contributed by atoms with Gasteiger partial charge in [0.2, 0.25) is 0 Å².